The van der Waals surface area contributed by atoms with Gasteiger partial charge in [0.05, 0.1) is 5.69 Å². The molecule has 3 rings (SSSR count). The third-order valence-electron chi connectivity index (χ3n) is 3.65. The minimum atomic E-state index is 0.661. The maximum atomic E-state index is 4.63. The molecule has 0 aliphatic heterocycles. The standard InChI is InChI=1S/C20H22N4/c1-2-13-21-20-23-18(17-11-7-4-8-12-17)14-19(24-20)22-15-16-9-5-3-6-10-16/h3-12,14H,2,13,15H2,1H3,(H2,21,22,23,24). The third-order valence-corrected chi connectivity index (χ3v) is 3.65. The quantitative estimate of drug-likeness (QED) is 0.669. The summed E-state index contributed by atoms with van der Waals surface area (Å²) in [6.45, 7) is 3.72. The van der Waals surface area contributed by atoms with Crippen LogP contribution in [0.15, 0.2) is 66.7 Å². The van der Waals surface area contributed by atoms with E-state index in [1.807, 2.05) is 42.5 Å². The van der Waals surface area contributed by atoms with E-state index in [0.717, 1.165) is 36.6 Å². The van der Waals surface area contributed by atoms with Crippen LogP contribution in [0.4, 0.5) is 11.8 Å². The van der Waals surface area contributed by atoms with E-state index in [9.17, 15) is 0 Å². The average molecular weight is 318 g/mol. The molecule has 0 saturated heterocycles. The van der Waals surface area contributed by atoms with E-state index >= 15 is 0 Å². The molecule has 0 spiro atoms. The molecule has 4 nitrogen and oxygen atoms in total. The zero-order valence-corrected chi connectivity index (χ0v) is 13.9. The van der Waals surface area contributed by atoms with Gasteiger partial charge in [-0.1, -0.05) is 67.6 Å². The van der Waals surface area contributed by atoms with Gasteiger partial charge in [-0.15, -0.1) is 0 Å². The van der Waals surface area contributed by atoms with Crippen molar-refractivity contribution in [2.45, 2.75) is 19.9 Å². The zero-order valence-electron chi connectivity index (χ0n) is 13.9. The molecule has 0 unspecified atom stereocenters. The van der Waals surface area contributed by atoms with Crippen LogP contribution in [-0.2, 0) is 6.54 Å². The second-order valence-corrected chi connectivity index (χ2v) is 5.59. The monoisotopic (exact) mass is 318 g/mol. The number of aromatic nitrogens is 2. The fourth-order valence-electron chi connectivity index (χ4n) is 2.40. The number of hydrogen-bond donors (Lipinski definition) is 2. The summed E-state index contributed by atoms with van der Waals surface area (Å²) in [5.74, 6) is 1.49. The van der Waals surface area contributed by atoms with E-state index in [4.69, 9.17) is 0 Å². The molecule has 0 aliphatic rings. The van der Waals surface area contributed by atoms with Crippen molar-refractivity contribution in [2.24, 2.45) is 0 Å². The molecule has 3 aromatic rings. The van der Waals surface area contributed by atoms with Gasteiger partial charge in [0.2, 0.25) is 5.95 Å². The van der Waals surface area contributed by atoms with Gasteiger partial charge < -0.3 is 10.6 Å². The topological polar surface area (TPSA) is 49.8 Å². The summed E-state index contributed by atoms with van der Waals surface area (Å²) in [5.41, 5.74) is 3.22. The summed E-state index contributed by atoms with van der Waals surface area (Å²) >= 11 is 0. The van der Waals surface area contributed by atoms with Crippen LogP contribution in [0.5, 0.6) is 0 Å². The first-order chi connectivity index (χ1) is 11.8. The van der Waals surface area contributed by atoms with Crippen LogP contribution >= 0.6 is 0 Å². The van der Waals surface area contributed by atoms with Gasteiger partial charge >= 0.3 is 0 Å². The molecule has 0 bridgehead atoms. The van der Waals surface area contributed by atoms with Gasteiger partial charge in [0.15, 0.2) is 0 Å². The summed E-state index contributed by atoms with van der Waals surface area (Å²) in [4.78, 5) is 9.21. The number of nitrogens with zero attached hydrogens (tertiary/aromatic N) is 2. The third kappa shape index (κ3) is 4.32. The van der Waals surface area contributed by atoms with E-state index in [1.54, 1.807) is 0 Å². The van der Waals surface area contributed by atoms with Crippen molar-refractivity contribution in [1.29, 1.82) is 0 Å². The number of hydrogen-bond acceptors (Lipinski definition) is 4. The van der Waals surface area contributed by atoms with Crippen LogP contribution < -0.4 is 10.6 Å². The summed E-state index contributed by atoms with van der Waals surface area (Å²) in [6.07, 6.45) is 1.03. The van der Waals surface area contributed by atoms with E-state index in [1.165, 1.54) is 5.56 Å². The summed E-state index contributed by atoms with van der Waals surface area (Å²) in [7, 11) is 0. The number of nitrogens with one attached hydrogen (secondary N) is 2. The predicted molar refractivity (Wildman–Crippen MR) is 100 cm³/mol. The van der Waals surface area contributed by atoms with Gasteiger partial charge in [-0.2, -0.15) is 4.98 Å². The molecular weight excluding hydrogens is 296 g/mol. The number of anilines is 2. The molecule has 4 heteroatoms. The van der Waals surface area contributed by atoms with Crippen LogP contribution in [0.25, 0.3) is 11.3 Å². The molecule has 0 fully saturated rings. The first kappa shape index (κ1) is 16.0. The minimum absolute atomic E-state index is 0.661. The maximum Gasteiger partial charge on any atom is 0.225 e. The largest absolute Gasteiger partial charge is 0.366 e. The van der Waals surface area contributed by atoms with Crippen LogP contribution in [0.2, 0.25) is 0 Å². The van der Waals surface area contributed by atoms with Crippen molar-refractivity contribution in [2.75, 3.05) is 17.2 Å². The average Bonchev–Trinajstić information content (AvgIpc) is 2.66. The zero-order chi connectivity index (χ0) is 16.6. The highest BCUT2D eigenvalue weighted by atomic mass is 15.1. The highest BCUT2D eigenvalue weighted by Crippen LogP contribution is 2.21. The second-order valence-electron chi connectivity index (χ2n) is 5.59. The summed E-state index contributed by atoms with van der Waals surface area (Å²) < 4.78 is 0. The second kappa shape index (κ2) is 8.11. The SMILES string of the molecule is CCCNc1nc(NCc2ccccc2)cc(-c2ccccc2)n1. The molecule has 122 valence electrons. The molecular formula is C20H22N4. The number of rotatable bonds is 7. The molecule has 1 heterocycles. The highest BCUT2D eigenvalue weighted by Gasteiger charge is 2.06. The Morgan fingerprint density at radius 1 is 0.833 bits per heavy atom. The van der Waals surface area contributed by atoms with E-state index in [2.05, 4.69) is 51.8 Å². The first-order valence-corrected chi connectivity index (χ1v) is 8.31. The molecule has 0 amide bonds. The van der Waals surface area contributed by atoms with Gasteiger partial charge in [-0.05, 0) is 12.0 Å². The van der Waals surface area contributed by atoms with Crippen molar-refractivity contribution in [3.8, 4) is 11.3 Å². The van der Waals surface area contributed by atoms with E-state index in [0.29, 0.717) is 5.95 Å². The van der Waals surface area contributed by atoms with Crippen molar-refractivity contribution in [3.63, 3.8) is 0 Å². The van der Waals surface area contributed by atoms with Gasteiger partial charge in [0, 0.05) is 24.7 Å². The van der Waals surface area contributed by atoms with E-state index < -0.39 is 0 Å². The van der Waals surface area contributed by atoms with Crippen LogP contribution in [0.3, 0.4) is 0 Å². The van der Waals surface area contributed by atoms with Crippen molar-refractivity contribution in [1.82, 2.24) is 9.97 Å². The Hall–Kier alpha value is -2.88. The Balaban J connectivity index is 1.84. The Kier molecular flexibility index (Phi) is 5.40. The molecule has 2 N–H and O–H groups in total. The van der Waals surface area contributed by atoms with Gasteiger partial charge in [-0.3, -0.25) is 0 Å². The summed E-state index contributed by atoms with van der Waals surface area (Å²) in [5, 5.41) is 6.68. The summed E-state index contributed by atoms with van der Waals surface area (Å²) in [6, 6.07) is 22.5. The Morgan fingerprint density at radius 2 is 1.54 bits per heavy atom. The van der Waals surface area contributed by atoms with Gasteiger partial charge in [-0.25, -0.2) is 4.98 Å². The fourth-order valence-corrected chi connectivity index (χ4v) is 2.40. The lowest BCUT2D eigenvalue weighted by molar-refractivity contribution is 0.951. The molecule has 1 aromatic heterocycles. The van der Waals surface area contributed by atoms with Crippen LogP contribution in [-0.4, -0.2) is 16.5 Å². The van der Waals surface area contributed by atoms with Crippen molar-refractivity contribution >= 4 is 11.8 Å². The minimum Gasteiger partial charge on any atom is -0.366 e. The predicted octanol–water partition coefficient (Wildman–Crippen LogP) is 4.58. The van der Waals surface area contributed by atoms with Crippen molar-refractivity contribution < 1.29 is 0 Å². The fraction of sp³-hybridized carbons (Fsp3) is 0.200. The first-order valence-electron chi connectivity index (χ1n) is 8.31. The molecule has 0 atom stereocenters. The molecule has 24 heavy (non-hydrogen) atoms. The lowest BCUT2D eigenvalue weighted by Gasteiger charge is -2.11. The number of benzene rings is 2. The van der Waals surface area contributed by atoms with E-state index in [-0.39, 0.29) is 0 Å². The normalized spacial score (nSPS) is 10.4. The Bertz CT molecular complexity index is 757. The van der Waals surface area contributed by atoms with Gasteiger partial charge in [0.25, 0.3) is 0 Å². The maximum absolute atomic E-state index is 4.63. The highest BCUT2D eigenvalue weighted by molar-refractivity contribution is 5.64. The Labute approximate surface area is 143 Å². The molecule has 2 aromatic carbocycles. The molecule has 0 aliphatic carbocycles. The molecule has 0 radical (unpaired) electrons. The van der Waals surface area contributed by atoms with Crippen LogP contribution in [0, 0.1) is 0 Å². The van der Waals surface area contributed by atoms with Crippen LogP contribution in [0.1, 0.15) is 18.9 Å². The Morgan fingerprint density at radius 3 is 2.25 bits per heavy atom. The molecule has 0 saturated carbocycles. The lowest BCUT2D eigenvalue weighted by Crippen LogP contribution is -2.08. The smallest absolute Gasteiger partial charge is 0.225 e. The van der Waals surface area contributed by atoms with Crippen molar-refractivity contribution in [3.05, 3.63) is 72.3 Å². The van der Waals surface area contributed by atoms with Gasteiger partial charge in [0.1, 0.15) is 5.82 Å². The lowest BCUT2D eigenvalue weighted by atomic mass is 10.1.